The second-order valence-electron chi connectivity index (χ2n) is 6.55. The number of aromatic nitrogens is 3. The fraction of sp³-hybridized carbons (Fsp3) is 0.588. The minimum Gasteiger partial charge on any atom is -0.477 e. The minimum atomic E-state index is -0.123. The van der Waals surface area contributed by atoms with Crippen LogP contribution in [0.15, 0.2) is 16.9 Å². The molecular weight excluding hydrogens is 324 g/mol. The predicted molar refractivity (Wildman–Crippen MR) is 95.6 cm³/mol. The average molecular weight is 346 g/mol. The number of rotatable bonds is 6. The number of aromatic amines is 1. The highest BCUT2D eigenvalue weighted by atomic mass is 32.2. The van der Waals surface area contributed by atoms with E-state index in [0.29, 0.717) is 46.3 Å². The molecule has 1 aliphatic heterocycles. The highest BCUT2D eigenvalue weighted by Crippen LogP contribution is 2.29. The minimum absolute atomic E-state index is 0.123. The molecule has 128 valence electrons. The van der Waals surface area contributed by atoms with Crippen LogP contribution in [-0.2, 0) is 5.75 Å². The van der Waals surface area contributed by atoms with Crippen molar-refractivity contribution in [2.45, 2.75) is 36.7 Å². The fourth-order valence-electron chi connectivity index (χ4n) is 2.84. The fourth-order valence-corrected chi connectivity index (χ4v) is 3.94. The molecule has 0 atom stereocenters. The topological polar surface area (TPSA) is 79.9 Å². The molecule has 7 heteroatoms. The lowest BCUT2D eigenvalue weighted by Crippen LogP contribution is -2.29. The zero-order valence-corrected chi connectivity index (χ0v) is 14.4. The maximum atomic E-state index is 12.2. The number of ether oxygens (including phenoxy) is 1. The van der Waals surface area contributed by atoms with Crippen LogP contribution in [0.5, 0.6) is 5.88 Å². The van der Waals surface area contributed by atoms with Gasteiger partial charge in [-0.3, -0.25) is 4.79 Å². The average Bonchev–Trinajstić information content (AvgIpc) is 3.43. The third-order valence-electron chi connectivity index (χ3n) is 4.50. The molecular formula is C17H22N4O2S. The predicted octanol–water partition coefficient (Wildman–Crippen LogP) is 2.09. The van der Waals surface area contributed by atoms with Gasteiger partial charge in [0, 0.05) is 11.3 Å². The van der Waals surface area contributed by atoms with Crippen molar-refractivity contribution < 1.29 is 4.74 Å². The molecule has 3 heterocycles. The Hall–Kier alpha value is -1.60. The Morgan fingerprint density at radius 1 is 1.17 bits per heavy atom. The van der Waals surface area contributed by atoms with Crippen LogP contribution in [0, 0.1) is 5.92 Å². The summed E-state index contributed by atoms with van der Waals surface area (Å²) < 4.78 is 5.70. The maximum absolute atomic E-state index is 12.2. The molecule has 1 saturated heterocycles. The molecule has 2 aromatic heterocycles. The van der Waals surface area contributed by atoms with Crippen LogP contribution < -0.4 is 15.6 Å². The summed E-state index contributed by atoms with van der Waals surface area (Å²) in [5.41, 5.74) is 0.357. The van der Waals surface area contributed by atoms with Crippen molar-refractivity contribution in [2.75, 3.05) is 19.7 Å². The van der Waals surface area contributed by atoms with E-state index < -0.39 is 0 Å². The van der Waals surface area contributed by atoms with Crippen LogP contribution in [0.25, 0.3) is 11.0 Å². The third kappa shape index (κ3) is 3.89. The van der Waals surface area contributed by atoms with E-state index in [1.807, 2.05) is 11.8 Å². The molecule has 0 bridgehead atoms. The highest BCUT2D eigenvalue weighted by Gasteiger charge is 2.22. The van der Waals surface area contributed by atoms with Crippen molar-refractivity contribution in [1.29, 1.82) is 0 Å². The van der Waals surface area contributed by atoms with Gasteiger partial charge in [-0.05, 0) is 50.8 Å². The van der Waals surface area contributed by atoms with Gasteiger partial charge in [-0.15, -0.1) is 0 Å². The van der Waals surface area contributed by atoms with Gasteiger partial charge in [-0.2, -0.15) is 16.7 Å². The molecule has 24 heavy (non-hydrogen) atoms. The number of H-pyrrole nitrogens is 1. The Labute approximate surface area is 144 Å². The maximum Gasteiger partial charge on any atom is 0.260 e. The van der Waals surface area contributed by atoms with Crippen molar-refractivity contribution in [3.05, 3.63) is 28.3 Å². The Balaban J connectivity index is 1.48. The van der Waals surface area contributed by atoms with E-state index in [1.165, 1.54) is 25.7 Å². The molecule has 0 aromatic carbocycles. The lowest BCUT2D eigenvalue weighted by Gasteiger charge is -2.21. The standard InChI is InChI=1S/C17H22N4O2S/c22-17-13-3-4-15(23-9-11-1-2-11)21-16(13)19-14(20-17)10-24-12-5-7-18-8-6-12/h3-4,11-12,18H,1-2,5-10H2,(H,19,20,21,22). The van der Waals surface area contributed by atoms with E-state index in [1.54, 1.807) is 12.1 Å². The summed E-state index contributed by atoms with van der Waals surface area (Å²) in [4.78, 5) is 24.1. The summed E-state index contributed by atoms with van der Waals surface area (Å²) in [5, 5.41) is 4.52. The Morgan fingerprint density at radius 3 is 2.79 bits per heavy atom. The number of piperidine rings is 1. The Bertz CT molecular complexity index is 769. The second-order valence-corrected chi connectivity index (χ2v) is 7.84. The van der Waals surface area contributed by atoms with Gasteiger partial charge < -0.3 is 15.0 Å². The second kappa shape index (κ2) is 7.11. The molecule has 2 aromatic rings. The smallest absolute Gasteiger partial charge is 0.260 e. The van der Waals surface area contributed by atoms with E-state index >= 15 is 0 Å². The molecule has 0 unspecified atom stereocenters. The van der Waals surface area contributed by atoms with Crippen LogP contribution >= 0.6 is 11.8 Å². The number of nitrogens with one attached hydrogen (secondary N) is 2. The molecule has 6 nitrogen and oxygen atoms in total. The van der Waals surface area contributed by atoms with Crippen LogP contribution in [0.2, 0.25) is 0 Å². The van der Waals surface area contributed by atoms with E-state index in [0.717, 1.165) is 13.1 Å². The molecule has 0 radical (unpaired) electrons. The van der Waals surface area contributed by atoms with Gasteiger partial charge in [0.05, 0.1) is 17.7 Å². The number of fused-ring (bicyclic) bond motifs is 1. The number of hydrogen-bond donors (Lipinski definition) is 2. The molecule has 2 fully saturated rings. The van der Waals surface area contributed by atoms with Crippen LogP contribution in [0.3, 0.4) is 0 Å². The molecule has 1 saturated carbocycles. The van der Waals surface area contributed by atoms with Crippen LogP contribution in [0.1, 0.15) is 31.5 Å². The van der Waals surface area contributed by atoms with E-state index in [2.05, 4.69) is 20.3 Å². The van der Waals surface area contributed by atoms with Crippen molar-refractivity contribution in [1.82, 2.24) is 20.3 Å². The largest absolute Gasteiger partial charge is 0.477 e. The van der Waals surface area contributed by atoms with Gasteiger partial charge in [0.25, 0.3) is 5.56 Å². The van der Waals surface area contributed by atoms with Gasteiger partial charge in [0.15, 0.2) is 5.65 Å². The number of hydrogen-bond acceptors (Lipinski definition) is 6. The van der Waals surface area contributed by atoms with Crippen molar-refractivity contribution >= 4 is 22.8 Å². The van der Waals surface area contributed by atoms with E-state index in [4.69, 9.17) is 4.74 Å². The van der Waals surface area contributed by atoms with Gasteiger partial charge in [0.1, 0.15) is 5.82 Å². The zero-order valence-electron chi connectivity index (χ0n) is 13.6. The number of pyridine rings is 1. The van der Waals surface area contributed by atoms with Gasteiger partial charge in [-0.25, -0.2) is 4.98 Å². The Kier molecular flexibility index (Phi) is 4.71. The summed E-state index contributed by atoms with van der Waals surface area (Å²) in [6, 6.07) is 3.51. The van der Waals surface area contributed by atoms with Crippen molar-refractivity contribution in [2.24, 2.45) is 5.92 Å². The van der Waals surface area contributed by atoms with Crippen molar-refractivity contribution in [3.63, 3.8) is 0 Å². The van der Waals surface area contributed by atoms with Crippen LogP contribution in [0.4, 0.5) is 0 Å². The summed E-state index contributed by atoms with van der Waals surface area (Å²) >= 11 is 1.86. The zero-order chi connectivity index (χ0) is 16.4. The van der Waals surface area contributed by atoms with Crippen LogP contribution in [-0.4, -0.2) is 39.9 Å². The first-order valence-corrected chi connectivity index (χ1v) is 9.68. The normalized spacial score (nSPS) is 18.8. The lowest BCUT2D eigenvalue weighted by atomic mass is 10.2. The molecule has 2 N–H and O–H groups in total. The summed E-state index contributed by atoms with van der Waals surface area (Å²) in [7, 11) is 0. The first-order chi connectivity index (χ1) is 11.8. The summed E-state index contributed by atoms with van der Waals surface area (Å²) in [6.45, 7) is 2.85. The monoisotopic (exact) mass is 346 g/mol. The summed E-state index contributed by atoms with van der Waals surface area (Å²) in [5.74, 6) is 2.64. The molecule has 1 aliphatic carbocycles. The van der Waals surface area contributed by atoms with Gasteiger partial charge in [0.2, 0.25) is 5.88 Å². The molecule has 0 spiro atoms. The van der Waals surface area contributed by atoms with Crippen molar-refractivity contribution in [3.8, 4) is 5.88 Å². The lowest BCUT2D eigenvalue weighted by molar-refractivity contribution is 0.289. The number of nitrogens with zero attached hydrogens (tertiary/aromatic N) is 2. The van der Waals surface area contributed by atoms with Gasteiger partial charge in [-0.1, -0.05) is 0 Å². The Morgan fingerprint density at radius 2 is 2.00 bits per heavy atom. The molecule has 4 rings (SSSR count). The summed E-state index contributed by atoms with van der Waals surface area (Å²) in [6.07, 6.45) is 4.81. The molecule has 0 amide bonds. The first kappa shape index (κ1) is 15.9. The SMILES string of the molecule is O=c1[nH]c(CSC2CCNCC2)nc2nc(OCC3CC3)ccc12. The van der Waals surface area contributed by atoms with Gasteiger partial charge >= 0.3 is 0 Å². The first-order valence-electron chi connectivity index (χ1n) is 8.63. The number of thioether (sulfide) groups is 1. The third-order valence-corrected chi connectivity index (χ3v) is 5.88. The quantitative estimate of drug-likeness (QED) is 0.834. The highest BCUT2D eigenvalue weighted by molar-refractivity contribution is 7.99. The molecule has 2 aliphatic rings. The van der Waals surface area contributed by atoms with E-state index in [9.17, 15) is 4.79 Å². The van der Waals surface area contributed by atoms with E-state index in [-0.39, 0.29) is 5.56 Å².